The van der Waals surface area contributed by atoms with Gasteiger partial charge in [0.2, 0.25) is 5.91 Å². The van der Waals surface area contributed by atoms with Crippen LogP contribution >= 0.6 is 0 Å². The number of carbonyl (C=O) groups excluding carboxylic acids is 3. The smallest absolute Gasteiger partial charge is 0.272 e. The minimum Gasteiger partial charge on any atom is -0.497 e. The Labute approximate surface area is 258 Å². The topological polar surface area (TPSA) is 127 Å². The molecule has 1 fully saturated rings. The minimum atomic E-state index is -0.599. The second-order valence-corrected chi connectivity index (χ2v) is 11.4. The van der Waals surface area contributed by atoms with Gasteiger partial charge in [0.15, 0.2) is 0 Å². The number of nitrogens with zero attached hydrogens (tertiary/aromatic N) is 2. The molecule has 0 radical (unpaired) electrons. The second kappa shape index (κ2) is 15.4. The fourth-order valence-corrected chi connectivity index (χ4v) is 5.59. The molecule has 4 atom stereocenters. The lowest BCUT2D eigenvalue weighted by Crippen LogP contribution is -2.50. The molecular formula is C34H42FN5O4. The first-order chi connectivity index (χ1) is 21.2. The number of pyridine rings is 1. The van der Waals surface area contributed by atoms with E-state index in [0.717, 1.165) is 31.2 Å². The number of nitrogens with one attached hydrogen (secondary N) is 2. The van der Waals surface area contributed by atoms with E-state index in [4.69, 9.17) is 10.5 Å². The minimum absolute atomic E-state index is 0.0464. The van der Waals surface area contributed by atoms with Crippen LogP contribution in [0.1, 0.15) is 72.5 Å². The average molecular weight is 604 g/mol. The summed E-state index contributed by atoms with van der Waals surface area (Å²) >= 11 is 0. The van der Waals surface area contributed by atoms with Gasteiger partial charge in [-0.05, 0) is 68.4 Å². The fraction of sp³-hybridized carbons (Fsp3) is 0.412. The maximum absolute atomic E-state index is 13.7. The summed E-state index contributed by atoms with van der Waals surface area (Å²) in [6, 6.07) is 17.2. The van der Waals surface area contributed by atoms with Crippen molar-refractivity contribution in [2.75, 3.05) is 19.0 Å². The van der Waals surface area contributed by atoms with Crippen molar-refractivity contribution in [1.82, 2.24) is 15.2 Å². The van der Waals surface area contributed by atoms with Crippen molar-refractivity contribution in [3.63, 3.8) is 0 Å². The van der Waals surface area contributed by atoms with Crippen LogP contribution in [0.2, 0.25) is 0 Å². The molecule has 2 heterocycles. The zero-order valence-corrected chi connectivity index (χ0v) is 25.6. The summed E-state index contributed by atoms with van der Waals surface area (Å²) in [5.74, 6) is -1.52. The zero-order chi connectivity index (χ0) is 31.6. The third-order valence-electron chi connectivity index (χ3n) is 8.16. The first-order valence-electron chi connectivity index (χ1n) is 15.2. The number of aromatic nitrogens is 1. The molecule has 3 amide bonds. The van der Waals surface area contributed by atoms with E-state index in [0.29, 0.717) is 24.4 Å². The lowest BCUT2D eigenvalue weighted by molar-refractivity contribution is -0.119. The number of hydrogen-bond acceptors (Lipinski definition) is 6. The van der Waals surface area contributed by atoms with Gasteiger partial charge in [0, 0.05) is 48.4 Å². The Bertz CT molecular complexity index is 1420. The van der Waals surface area contributed by atoms with E-state index in [-0.39, 0.29) is 35.7 Å². The molecule has 0 spiro atoms. The Balaban J connectivity index is 1.52. The molecule has 4 N–H and O–H groups in total. The van der Waals surface area contributed by atoms with Crippen molar-refractivity contribution in [1.29, 1.82) is 0 Å². The summed E-state index contributed by atoms with van der Waals surface area (Å²) in [6.07, 6.45) is 4.49. The summed E-state index contributed by atoms with van der Waals surface area (Å²) in [6.45, 7) is 4.47. The van der Waals surface area contributed by atoms with Crippen molar-refractivity contribution in [3.05, 3.63) is 89.5 Å². The molecule has 1 saturated heterocycles. The van der Waals surface area contributed by atoms with Gasteiger partial charge in [-0.25, -0.2) is 9.37 Å². The highest BCUT2D eigenvalue weighted by Crippen LogP contribution is 2.24. The number of amides is 3. The molecule has 3 aromatic rings. The van der Waals surface area contributed by atoms with Crippen molar-refractivity contribution in [3.8, 4) is 5.75 Å². The average Bonchev–Trinajstić information content (AvgIpc) is 3.05. The quantitative estimate of drug-likeness (QED) is 0.269. The van der Waals surface area contributed by atoms with Gasteiger partial charge in [0.1, 0.15) is 23.0 Å². The highest BCUT2D eigenvalue weighted by atomic mass is 19.1. The maximum atomic E-state index is 13.7. The van der Waals surface area contributed by atoms with Crippen LogP contribution in [0.4, 0.5) is 10.1 Å². The highest BCUT2D eigenvalue weighted by molar-refractivity contribution is 5.97. The molecule has 4 rings (SSSR count). The van der Waals surface area contributed by atoms with Gasteiger partial charge >= 0.3 is 0 Å². The molecule has 10 heteroatoms. The van der Waals surface area contributed by atoms with Crippen LogP contribution in [0.15, 0.2) is 66.7 Å². The van der Waals surface area contributed by atoms with E-state index in [9.17, 15) is 18.8 Å². The van der Waals surface area contributed by atoms with Crippen molar-refractivity contribution in [2.45, 2.75) is 70.5 Å². The summed E-state index contributed by atoms with van der Waals surface area (Å²) in [5.41, 5.74) is 8.30. The number of hydrogen-bond donors (Lipinski definition) is 3. The van der Waals surface area contributed by atoms with Gasteiger partial charge in [-0.15, -0.1) is 0 Å². The second-order valence-electron chi connectivity index (χ2n) is 11.4. The van der Waals surface area contributed by atoms with Crippen LogP contribution in [0.5, 0.6) is 5.75 Å². The number of rotatable bonds is 12. The Hall–Kier alpha value is -4.31. The first-order valence-corrected chi connectivity index (χ1v) is 15.2. The lowest BCUT2D eigenvalue weighted by atomic mass is 9.92. The molecule has 1 aliphatic rings. The first kappa shape index (κ1) is 32.6. The van der Waals surface area contributed by atoms with E-state index in [1.54, 1.807) is 13.0 Å². The predicted octanol–water partition coefficient (Wildman–Crippen LogP) is 4.97. The van der Waals surface area contributed by atoms with Gasteiger partial charge in [-0.3, -0.25) is 14.4 Å². The molecule has 234 valence electrons. The van der Waals surface area contributed by atoms with Crippen molar-refractivity contribution < 1.29 is 23.5 Å². The van der Waals surface area contributed by atoms with Gasteiger partial charge < -0.3 is 26.0 Å². The Kier molecular flexibility index (Phi) is 11.4. The number of halogens is 1. The van der Waals surface area contributed by atoms with Crippen LogP contribution in [-0.2, 0) is 11.2 Å². The zero-order valence-electron chi connectivity index (χ0n) is 25.6. The molecule has 1 unspecified atom stereocenters. The summed E-state index contributed by atoms with van der Waals surface area (Å²) in [5, 5.41) is 5.80. The number of piperidine rings is 1. The number of ether oxygens (including phenoxy) is 1. The van der Waals surface area contributed by atoms with Gasteiger partial charge in [-0.2, -0.15) is 0 Å². The Morgan fingerprint density at radius 2 is 1.77 bits per heavy atom. The number of benzene rings is 2. The van der Waals surface area contributed by atoms with Gasteiger partial charge in [0.05, 0.1) is 7.11 Å². The van der Waals surface area contributed by atoms with Gasteiger partial charge in [-0.1, -0.05) is 44.2 Å². The molecule has 0 bridgehead atoms. The number of carbonyl (C=O) groups is 3. The third-order valence-corrected chi connectivity index (χ3v) is 8.16. The van der Waals surface area contributed by atoms with Crippen LogP contribution in [0, 0.1) is 11.7 Å². The molecule has 2 aromatic carbocycles. The van der Waals surface area contributed by atoms with E-state index in [1.807, 2.05) is 35.2 Å². The highest BCUT2D eigenvalue weighted by Gasteiger charge is 2.30. The molecule has 0 aliphatic carbocycles. The van der Waals surface area contributed by atoms with Crippen LogP contribution in [-0.4, -0.2) is 59.4 Å². The molecule has 0 saturated carbocycles. The molecule has 1 aliphatic heterocycles. The van der Waals surface area contributed by atoms with Gasteiger partial charge in [0.25, 0.3) is 11.8 Å². The van der Waals surface area contributed by atoms with E-state index in [1.165, 1.54) is 37.4 Å². The summed E-state index contributed by atoms with van der Waals surface area (Å²) < 4.78 is 18.7. The van der Waals surface area contributed by atoms with Crippen LogP contribution < -0.4 is 21.1 Å². The lowest BCUT2D eigenvalue weighted by Gasteiger charge is -2.35. The summed E-state index contributed by atoms with van der Waals surface area (Å²) in [7, 11) is 1.48. The number of anilines is 1. The monoisotopic (exact) mass is 603 g/mol. The van der Waals surface area contributed by atoms with E-state index >= 15 is 0 Å². The maximum Gasteiger partial charge on any atom is 0.272 e. The summed E-state index contributed by atoms with van der Waals surface area (Å²) in [4.78, 5) is 46.4. The molecule has 1 aromatic heterocycles. The third kappa shape index (κ3) is 8.63. The standard InChI is InChI=1S/C34H42FN5O4/c1-4-26-12-8-9-17-40(26)34(43)31-21-27(44-3)20-30(38-31)33(42)39-29(19-23-10-6-5-7-11-23)28(36)18-22(2)32(41)37-25-15-13-24(35)14-16-25/h5-7,10-11,13-16,20-22,26,28-29H,4,8-9,12,17-19,36H2,1-3H3,(H,37,41)(H,39,42)/t22-,26?,28+,29+/m1/s1. The molecule has 44 heavy (non-hydrogen) atoms. The normalized spacial score (nSPS) is 16.8. The fourth-order valence-electron chi connectivity index (χ4n) is 5.59. The van der Waals surface area contributed by atoms with E-state index in [2.05, 4.69) is 22.5 Å². The SMILES string of the molecule is CCC1CCCCN1C(=O)c1cc(OC)cc(C(=O)N[C@@H](Cc2ccccc2)[C@@H](N)C[C@@H](C)C(=O)Nc2ccc(F)cc2)n1. The Morgan fingerprint density at radius 1 is 1.07 bits per heavy atom. The molecular weight excluding hydrogens is 561 g/mol. The van der Waals surface area contributed by atoms with Crippen LogP contribution in [0.25, 0.3) is 0 Å². The largest absolute Gasteiger partial charge is 0.497 e. The van der Waals surface area contributed by atoms with Crippen LogP contribution in [0.3, 0.4) is 0 Å². The van der Waals surface area contributed by atoms with Crippen molar-refractivity contribution in [2.24, 2.45) is 11.7 Å². The van der Waals surface area contributed by atoms with Crippen molar-refractivity contribution >= 4 is 23.4 Å². The Morgan fingerprint density at radius 3 is 2.45 bits per heavy atom. The number of methoxy groups -OCH3 is 1. The number of nitrogens with two attached hydrogens (primary N) is 1. The number of likely N-dealkylation sites (tertiary alicyclic amines) is 1. The molecule has 9 nitrogen and oxygen atoms in total. The predicted molar refractivity (Wildman–Crippen MR) is 168 cm³/mol. The van der Waals surface area contributed by atoms with E-state index < -0.39 is 29.7 Å².